The summed E-state index contributed by atoms with van der Waals surface area (Å²) in [5.41, 5.74) is 3.60. The summed E-state index contributed by atoms with van der Waals surface area (Å²) in [6, 6.07) is 8.42. The Morgan fingerprint density at radius 2 is 1.75 bits per heavy atom. The molecule has 0 bridgehead atoms. The Balaban J connectivity index is 2.93. The maximum Gasteiger partial charge on any atom is -0.0190 e. The van der Waals surface area contributed by atoms with E-state index in [4.69, 9.17) is 0 Å². The van der Waals surface area contributed by atoms with Gasteiger partial charge in [-0.3, -0.25) is 0 Å². The van der Waals surface area contributed by atoms with Crippen molar-refractivity contribution in [3.05, 3.63) is 48.9 Å². The zero-order valence-electron chi connectivity index (χ0n) is 7.80. The van der Waals surface area contributed by atoms with Gasteiger partial charge in [-0.1, -0.05) is 43.3 Å². The van der Waals surface area contributed by atoms with Crippen LogP contribution in [-0.4, -0.2) is 0 Å². The van der Waals surface area contributed by atoms with Gasteiger partial charge in [-0.2, -0.15) is 0 Å². The van der Waals surface area contributed by atoms with Crippen LogP contribution in [-0.2, 0) is 0 Å². The number of allylic oxidation sites excluding steroid dienone is 1. The lowest BCUT2D eigenvalue weighted by Crippen LogP contribution is -1.87. The number of rotatable bonds is 2. The van der Waals surface area contributed by atoms with Crippen LogP contribution in [0.3, 0.4) is 0 Å². The van der Waals surface area contributed by atoms with E-state index in [2.05, 4.69) is 44.7 Å². The summed E-state index contributed by atoms with van der Waals surface area (Å²) >= 11 is 0. The summed E-state index contributed by atoms with van der Waals surface area (Å²) in [4.78, 5) is 0. The summed E-state index contributed by atoms with van der Waals surface area (Å²) in [6.45, 7) is 12.0. The van der Waals surface area contributed by atoms with Crippen LogP contribution in [0.4, 0.5) is 0 Å². The number of benzene rings is 1. The Morgan fingerprint density at radius 3 is 2.08 bits per heavy atom. The predicted octanol–water partition coefficient (Wildman–Crippen LogP) is 3.66. The highest BCUT2D eigenvalue weighted by Gasteiger charge is 1.98. The van der Waals surface area contributed by atoms with Gasteiger partial charge in [0.2, 0.25) is 0 Å². The molecule has 0 saturated heterocycles. The molecule has 1 unspecified atom stereocenters. The lowest BCUT2D eigenvalue weighted by atomic mass is 10.00. The van der Waals surface area contributed by atoms with Crippen LogP contribution in [0.5, 0.6) is 0 Å². The first-order valence-corrected chi connectivity index (χ1v) is 4.20. The highest BCUT2D eigenvalue weighted by molar-refractivity contribution is 5.61. The highest BCUT2D eigenvalue weighted by atomic mass is 14.0. The van der Waals surface area contributed by atoms with E-state index >= 15 is 0 Å². The summed E-state index contributed by atoms with van der Waals surface area (Å²) in [6.07, 6.45) is 0. The Morgan fingerprint density at radius 1 is 1.25 bits per heavy atom. The second-order valence-electron chi connectivity index (χ2n) is 3.30. The molecule has 0 heterocycles. The molecule has 1 rings (SSSR count). The zero-order valence-corrected chi connectivity index (χ0v) is 7.80. The Labute approximate surface area is 74.9 Å². The first-order chi connectivity index (χ1) is 5.61. The van der Waals surface area contributed by atoms with Crippen molar-refractivity contribution in [3.63, 3.8) is 0 Å². The predicted molar refractivity (Wildman–Crippen MR) is 54.9 cm³/mol. The van der Waals surface area contributed by atoms with Crippen LogP contribution < -0.4 is 0 Å². The topological polar surface area (TPSA) is 0 Å². The molecule has 1 aromatic carbocycles. The van der Waals surface area contributed by atoms with Crippen molar-refractivity contribution in [1.82, 2.24) is 0 Å². The van der Waals surface area contributed by atoms with E-state index in [0.29, 0.717) is 5.92 Å². The summed E-state index contributed by atoms with van der Waals surface area (Å²) in [7, 11) is 0. The smallest absolute Gasteiger partial charge is 0.0190 e. The van der Waals surface area contributed by atoms with Crippen LogP contribution >= 0.6 is 0 Å². The molecule has 0 saturated carbocycles. The van der Waals surface area contributed by atoms with E-state index in [9.17, 15) is 0 Å². The van der Waals surface area contributed by atoms with E-state index in [1.165, 1.54) is 11.1 Å². The van der Waals surface area contributed by atoms with Crippen molar-refractivity contribution < 1.29 is 0 Å². The number of hydrogen-bond acceptors (Lipinski definition) is 0. The third-order valence-electron chi connectivity index (χ3n) is 1.97. The monoisotopic (exact) mass is 159 g/mol. The minimum Gasteiger partial charge on any atom is -0.0955 e. The second-order valence-corrected chi connectivity index (χ2v) is 3.30. The van der Waals surface area contributed by atoms with Crippen molar-refractivity contribution >= 4 is 5.57 Å². The maximum absolute atomic E-state index is 3.96. The molecule has 0 spiro atoms. The zero-order chi connectivity index (χ0) is 9.14. The lowest BCUT2D eigenvalue weighted by Gasteiger charge is -2.05. The van der Waals surface area contributed by atoms with E-state index in [-0.39, 0.29) is 0 Å². The molecule has 0 aliphatic carbocycles. The van der Waals surface area contributed by atoms with Gasteiger partial charge in [0, 0.05) is 0 Å². The minimum atomic E-state index is 0.365. The van der Waals surface area contributed by atoms with E-state index in [1.54, 1.807) is 0 Å². The lowest BCUT2D eigenvalue weighted by molar-refractivity contribution is 0.964. The molecule has 0 amide bonds. The van der Waals surface area contributed by atoms with Gasteiger partial charge in [0.05, 0.1) is 0 Å². The van der Waals surface area contributed by atoms with E-state index < -0.39 is 0 Å². The van der Waals surface area contributed by atoms with E-state index in [1.807, 2.05) is 6.92 Å². The van der Waals surface area contributed by atoms with Crippen molar-refractivity contribution in [2.24, 2.45) is 0 Å². The molecule has 0 aromatic heterocycles. The van der Waals surface area contributed by atoms with Gasteiger partial charge < -0.3 is 0 Å². The minimum absolute atomic E-state index is 0.365. The molecule has 0 heteroatoms. The van der Waals surface area contributed by atoms with Crippen LogP contribution in [0, 0.1) is 6.92 Å². The molecule has 1 aromatic rings. The first-order valence-electron chi connectivity index (χ1n) is 4.20. The van der Waals surface area contributed by atoms with Gasteiger partial charge in [-0.05, 0) is 30.9 Å². The maximum atomic E-state index is 3.96. The molecule has 0 aliphatic rings. The normalized spacial score (nSPS) is 10.3. The van der Waals surface area contributed by atoms with Crippen LogP contribution in [0.15, 0.2) is 30.8 Å². The molecular formula is C12H15. The van der Waals surface area contributed by atoms with Gasteiger partial charge in [0.25, 0.3) is 0 Å². The van der Waals surface area contributed by atoms with Crippen molar-refractivity contribution in [2.75, 3.05) is 0 Å². The average Bonchev–Trinajstić information content (AvgIpc) is 2.04. The molecular weight excluding hydrogens is 144 g/mol. The van der Waals surface area contributed by atoms with Crippen molar-refractivity contribution in [2.45, 2.75) is 19.8 Å². The molecule has 0 nitrogen and oxygen atoms in total. The Bertz CT molecular complexity index is 265. The average molecular weight is 159 g/mol. The summed E-state index contributed by atoms with van der Waals surface area (Å²) < 4.78 is 0. The fourth-order valence-electron chi connectivity index (χ4n) is 1.10. The quantitative estimate of drug-likeness (QED) is 0.617. The summed E-state index contributed by atoms with van der Waals surface area (Å²) in [5, 5.41) is 0. The fraction of sp³-hybridized carbons (Fsp3) is 0.250. The standard InChI is InChI=1S/C12H15/c1-9(2)11-5-7-12(8-6-11)10(3)4/h5-9H,1,3H2,2,4H3. The van der Waals surface area contributed by atoms with Gasteiger partial charge in [-0.15, -0.1) is 0 Å². The van der Waals surface area contributed by atoms with Crippen molar-refractivity contribution in [1.29, 1.82) is 0 Å². The van der Waals surface area contributed by atoms with Crippen molar-refractivity contribution in [3.8, 4) is 0 Å². The number of hydrogen-bond donors (Lipinski definition) is 0. The molecule has 0 fully saturated rings. The van der Waals surface area contributed by atoms with Gasteiger partial charge >= 0.3 is 0 Å². The SMILES string of the molecule is [CH2]C(C)c1ccc(C(=C)C)cc1. The molecule has 12 heavy (non-hydrogen) atoms. The third-order valence-corrected chi connectivity index (χ3v) is 1.97. The molecule has 0 N–H and O–H groups in total. The Hall–Kier alpha value is -1.04. The fourth-order valence-corrected chi connectivity index (χ4v) is 1.10. The molecule has 1 radical (unpaired) electrons. The van der Waals surface area contributed by atoms with Gasteiger partial charge in [0.1, 0.15) is 0 Å². The van der Waals surface area contributed by atoms with Crippen LogP contribution in [0.25, 0.3) is 5.57 Å². The molecule has 63 valence electrons. The van der Waals surface area contributed by atoms with E-state index in [0.717, 1.165) is 5.57 Å². The van der Waals surface area contributed by atoms with Crippen LogP contribution in [0.2, 0.25) is 0 Å². The second kappa shape index (κ2) is 3.57. The third kappa shape index (κ3) is 1.97. The summed E-state index contributed by atoms with van der Waals surface area (Å²) in [5.74, 6) is 0.365. The Kier molecular flexibility index (Phi) is 2.69. The molecule has 1 atom stereocenters. The largest absolute Gasteiger partial charge is 0.0955 e. The van der Waals surface area contributed by atoms with Gasteiger partial charge in [-0.25, -0.2) is 0 Å². The first kappa shape index (κ1) is 9.05. The van der Waals surface area contributed by atoms with Crippen LogP contribution in [0.1, 0.15) is 30.9 Å². The van der Waals surface area contributed by atoms with Gasteiger partial charge in [0.15, 0.2) is 0 Å². The highest BCUT2D eigenvalue weighted by Crippen LogP contribution is 2.17. The molecule has 0 aliphatic heterocycles.